The molecule has 132 valence electrons. The van der Waals surface area contributed by atoms with Crippen LogP contribution in [-0.4, -0.2) is 35.8 Å². The minimum Gasteiger partial charge on any atom is -0.494 e. The Morgan fingerprint density at radius 1 is 1.46 bits per heavy atom. The van der Waals surface area contributed by atoms with Crippen LogP contribution >= 0.6 is 12.4 Å². The highest BCUT2D eigenvalue weighted by molar-refractivity contribution is 6.00. The van der Waals surface area contributed by atoms with Crippen LogP contribution < -0.4 is 15.4 Å². The first-order valence-electron chi connectivity index (χ1n) is 8.40. The van der Waals surface area contributed by atoms with Gasteiger partial charge in [0.1, 0.15) is 5.75 Å². The molecule has 1 aromatic carbocycles. The molecule has 0 bridgehead atoms. The zero-order chi connectivity index (χ0) is 16.1. The van der Waals surface area contributed by atoms with Gasteiger partial charge in [-0.2, -0.15) is 5.10 Å². The van der Waals surface area contributed by atoms with Crippen LogP contribution in [0.3, 0.4) is 0 Å². The standard InChI is InChI=1S/C17H24N4O2.ClH/c1-2-3-9-23-13-6-7-15-14(10-13)16(21-20-15)19-17(22)12-5-4-8-18-11-12;/h6-7,10,12,18H,2-5,8-9,11H2,1H3,(H2,19,20,21,22);1H/t12-;/m1./s1. The lowest BCUT2D eigenvalue weighted by atomic mass is 9.99. The molecule has 0 saturated carbocycles. The SMILES string of the molecule is CCCCOc1ccc2[nH]nc(NC(=O)[C@@H]3CCCNC3)c2c1.Cl. The van der Waals surface area contributed by atoms with Crippen molar-refractivity contribution in [1.82, 2.24) is 15.5 Å². The van der Waals surface area contributed by atoms with Crippen molar-refractivity contribution in [3.63, 3.8) is 0 Å². The number of nitrogens with one attached hydrogen (secondary N) is 3. The number of aromatic amines is 1. The Morgan fingerprint density at radius 3 is 3.08 bits per heavy atom. The van der Waals surface area contributed by atoms with Crippen molar-refractivity contribution < 1.29 is 9.53 Å². The molecule has 1 atom stereocenters. The van der Waals surface area contributed by atoms with Crippen molar-refractivity contribution in [3.05, 3.63) is 18.2 Å². The van der Waals surface area contributed by atoms with E-state index in [1.807, 2.05) is 18.2 Å². The Balaban J connectivity index is 0.00000208. The van der Waals surface area contributed by atoms with Gasteiger partial charge in [-0.05, 0) is 44.0 Å². The topological polar surface area (TPSA) is 79.0 Å². The van der Waals surface area contributed by atoms with Gasteiger partial charge in [0.05, 0.1) is 18.0 Å². The molecular weight excluding hydrogens is 328 g/mol. The number of unbranched alkanes of at least 4 members (excludes halogenated alkanes) is 1. The third kappa shape index (κ3) is 4.39. The number of hydrogen-bond donors (Lipinski definition) is 3. The van der Waals surface area contributed by atoms with E-state index in [0.717, 1.165) is 55.4 Å². The summed E-state index contributed by atoms with van der Waals surface area (Å²) in [5, 5.41) is 14.3. The summed E-state index contributed by atoms with van der Waals surface area (Å²) in [5.41, 5.74) is 0.893. The number of hydrogen-bond acceptors (Lipinski definition) is 4. The third-order valence-corrected chi connectivity index (χ3v) is 4.21. The summed E-state index contributed by atoms with van der Waals surface area (Å²) >= 11 is 0. The molecule has 2 aromatic rings. The highest BCUT2D eigenvalue weighted by atomic mass is 35.5. The van der Waals surface area contributed by atoms with E-state index >= 15 is 0 Å². The number of carbonyl (C=O) groups excluding carboxylic acids is 1. The van der Waals surface area contributed by atoms with Crippen LogP contribution in [0.1, 0.15) is 32.6 Å². The molecule has 0 aliphatic carbocycles. The van der Waals surface area contributed by atoms with Crippen LogP contribution in [0, 0.1) is 5.92 Å². The van der Waals surface area contributed by atoms with Crippen LogP contribution in [0.5, 0.6) is 5.75 Å². The van der Waals surface area contributed by atoms with Crippen molar-refractivity contribution >= 4 is 35.0 Å². The number of piperidine rings is 1. The van der Waals surface area contributed by atoms with E-state index in [0.29, 0.717) is 12.4 Å². The molecule has 0 unspecified atom stereocenters. The van der Waals surface area contributed by atoms with Crippen molar-refractivity contribution in [1.29, 1.82) is 0 Å². The van der Waals surface area contributed by atoms with Crippen LogP contribution in [-0.2, 0) is 4.79 Å². The fourth-order valence-corrected chi connectivity index (χ4v) is 2.81. The predicted molar refractivity (Wildman–Crippen MR) is 98.0 cm³/mol. The first kappa shape index (κ1) is 18.5. The van der Waals surface area contributed by atoms with Gasteiger partial charge >= 0.3 is 0 Å². The predicted octanol–water partition coefficient (Wildman–Crippen LogP) is 3.10. The Bertz CT molecular complexity index is 668. The van der Waals surface area contributed by atoms with Gasteiger partial charge in [-0.1, -0.05) is 13.3 Å². The van der Waals surface area contributed by atoms with Gasteiger partial charge in [-0.25, -0.2) is 0 Å². The molecule has 2 heterocycles. The monoisotopic (exact) mass is 352 g/mol. The summed E-state index contributed by atoms with van der Waals surface area (Å²) in [5.74, 6) is 1.43. The van der Waals surface area contributed by atoms with E-state index in [2.05, 4.69) is 27.8 Å². The van der Waals surface area contributed by atoms with E-state index in [9.17, 15) is 4.79 Å². The molecule has 6 nitrogen and oxygen atoms in total. The van der Waals surface area contributed by atoms with E-state index in [1.165, 1.54) is 0 Å². The maximum atomic E-state index is 12.4. The molecular formula is C17H25ClN4O2. The zero-order valence-corrected chi connectivity index (χ0v) is 14.7. The van der Waals surface area contributed by atoms with Gasteiger partial charge in [0.25, 0.3) is 0 Å². The molecule has 1 aliphatic heterocycles. The molecule has 0 radical (unpaired) electrons. The zero-order valence-electron chi connectivity index (χ0n) is 13.9. The quantitative estimate of drug-likeness (QED) is 0.698. The van der Waals surface area contributed by atoms with E-state index in [1.54, 1.807) is 0 Å². The second kappa shape index (κ2) is 8.89. The average molecular weight is 353 g/mol. The Labute approximate surface area is 148 Å². The van der Waals surface area contributed by atoms with E-state index in [-0.39, 0.29) is 24.2 Å². The number of benzene rings is 1. The highest BCUT2D eigenvalue weighted by Gasteiger charge is 2.22. The molecule has 1 fully saturated rings. The van der Waals surface area contributed by atoms with Crippen molar-refractivity contribution in [2.75, 3.05) is 25.0 Å². The molecule has 24 heavy (non-hydrogen) atoms. The van der Waals surface area contributed by atoms with Gasteiger partial charge in [0.2, 0.25) is 5.91 Å². The first-order valence-corrected chi connectivity index (χ1v) is 8.40. The number of halogens is 1. The normalized spacial score (nSPS) is 17.3. The summed E-state index contributed by atoms with van der Waals surface area (Å²) in [6.07, 6.45) is 4.09. The summed E-state index contributed by atoms with van der Waals surface area (Å²) in [4.78, 5) is 12.4. The van der Waals surface area contributed by atoms with Crippen molar-refractivity contribution in [3.8, 4) is 5.75 Å². The summed E-state index contributed by atoms with van der Waals surface area (Å²) in [6, 6.07) is 5.79. The maximum absolute atomic E-state index is 12.4. The number of anilines is 1. The number of rotatable bonds is 6. The number of nitrogens with zero attached hydrogens (tertiary/aromatic N) is 1. The number of aromatic nitrogens is 2. The number of fused-ring (bicyclic) bond motifs is 1. The lowest BCUT2D eigenvalue weighted by Crippen LogP contribution is -2.37. The van der Waals surface area contributed by atoms with Gasteiger partial charge < -0.3 is 15.4 Å². The molecule has 3 N–H and O–H groups in total. The maximum Gasteiger partial charge on any atom is 0.229 e. The van der Waals surface area contributed by atoms with Crippen molar-refractivity contribution in [2.45, 2.75) is 32.6 Å². The Kier molecular flexibility index (Phi) is 6.87. The Hall–Kier alpha value is -1.79. The summed E-state index contributed by atoms with van der Waals surface area (Å²) < 4.78 is 5.74. The lowest BCUT2D eigenvalue weighted by molar-refractivity contribution is -0.120. The van der Waals surface area contributed by atoms with Gasteiger partial charge in [0, 0.05) is 11.9 Å². The third-order valence-electron chi connectivity index (χ3n) is 4.21. The molecule has 3 rings (SSSR count). The average Bonchev–Trinajstić information content (AvgIpc) is 2.98. The van der Waals surface area contributed by atoms with Gasteiger partial charge in [-0.15, -0.1) is 12.4 Å². The van der Waals surface area contributed by atoms with Gasteiger partial charge in [-0.3, -0.25) is 9.89 Å². The van der Waals surface area contributed by atoms with Gasteiger partial charge in [0.15, 0.2) is 5.82 Å². The molecule has 1 aromatic heterocycles. The number of carbonyl (C=O) groups is 1. The molecule has 7 heteroatoms. The van der Waals surface area contributed by atoms with Crippen LogP contribution in [0.2, 0.25) is 0 Å². The molecule has 0 spiro atoms. The van der Waals surface area contributed by atoms with Crippen LogP contribution in [0.4, 0.5) is 5.82 Å². The van der Waals surface area contributed by atoms with E-state index < -0.39 is 0 Å². The van der Waals surface area contributed by atoms with E-state index in [4.69, 9.17) is 4.74 Å². The minimum atomic E-state index is 0. The fraction of sp³-hybridized carbons (Fsp3) is 0.529. The highest BCUT2D eigenvalue weighted by Crippen LogP contribution is 2.26. The van der Waals surface area contributed by atoms with Crippen LogP contribution in [0.15, 0.2) is 18.2 Å². The summed E-state index contributed by atoms with van der Waals surface area (Å²) in [6.45, 7) is 4.57. The minimum absolute atomic E-state index is 0. The second-order valence-corrected chi connectivity index (χ2v) is 6.01. The lowest BCUT2D eigenvalue weighted by Gasteiger charge is -2.21. The van der Waals surface area contributed by atoms with Crippen molar-refractivity contribution in [2.24, 2.45) is 5.92 Å². The first-order chi connectivity index (χ1) is 11.3. The molecule has 1 amide bonds. The smallest absolute Gasteiger partial charge is 0.229 e. The number of H-pyrrole nitrogens is 1. The summed E-state index contributed by atoms with van der Waals surface area (Å²) in [7, 11) is 0. The Morgan fingerprint density at radius 2 is 2.33 bits per heavy atom. The van der Waals surface area contributed by atoms with Crippen LogP contribution in [0.25, 0.3) is 10.9 Å². The fourth-order valence-electron chi connectivity index (χ4n) is 2.81. The molecule has 1 aliphatic rings. The largest absolute Gasteiger partial charge is 0.494 e. The number of ether oxygens (including phenoxy) is 1. The molecule has 1 saturated heterocycles. The number of amides is 1. The second-order valence-electron chi connectivity index (χ2n) is 6.01.